The molecule has 0 bridgehead atoms. The van der Waals surface area contributed by atoms with E-state index in [0.717, 1.165) is 11.3 Å². The number of sulfonamides is 1. The Morgan fingerprint density at radius 3 is 2.72 bits per heavy atom. The summed E-state index contributed by atoms with van der Waals surface area (Å²) in [5.41, 5.74) is 0. The lowest BCUT2D eigenvalue weighted by Crippen LogP contribution is -2.40. The van der Waals surface area contributed by atoms with Gasteiger partial charge in [0, 0.05) is 0 Å². The molecule has 0 aliphatic heterocycles. The van der Waals surface area contributed by atoms with Crippen molar-refractivity contribution in [1.82, 2.24) is 4.72 Å². The van der Waals surface area contributed by atoms with Gasteiger partial charge >= 0.3 is 5.97 Å². The smallest absolute Gasteiger partial charge is 0.321 e. The van der Waals surface area contributed by atoms with Crippen LogP contribution < -0.4 is 4.72 Å². The van der Waals surface area contributed by atoms with Gasteiger partial charge in [0.1, 0.15) is 21.2 Å². The lowest BCUT2D eigenvalue weighted by atomic mass is 10.2. The number of hydrogen-bond donors (Lipinski definition) is 2. The van der Waals surface area contributed by atoms with E-state index in [9.17, 15) is 13.2 Å². The zero-order valence-electron chi connectivity index (χ0n) is 9.58. The van der Waals surface area contributed by atoms with E-state index in [1.54, 1.807) is 6.92 Å². The minimum atomic E-state index is -3.88. The molecule has 18 heavy (non-hydrogen) atoms. The highest BCUT2D eigenvalue weighted by molar-refractivity contribution is 7.91. The van der Waals surface area contributed by atoms with E-state index in [2.05, 4.69) is 4.72 Å². The van der Waals surface area contributed by atoms with E-state index in [1.807, 2.05) is 6.07 Å². The summed E-state index contributed by atoms with van der Waals surface area (Å²) < 4.78 is 25.8. The van der Waals surface area contributed by atoms with Gasteiger partial charge in [-0.2, -0.15) is 9.98 Å². The van der Waals surface area contributed by atoms with Gasteiger partial charge in [0.05, 0.1) is 0 Å². The average Bonchev–Trinajstić information content (AvgIpc) is 2.77. The van der Waals surface area contributed by atoms with Crippen LogP contribution in [0.1, 0.15) is 24.6 Å². The maximum atomic E-state index is 11.9. The molecular weight excluding hydrogens is 276 g/mol. The lowest BCUT2D eigenvalue weighted by Gasteiger charge is -2.12. The minimum absolute atomic E-state index is 0.0543. The number of hydrogen-bond acceptors (Lipinski definition) is 5. The minimum Gasteiger partial charge on any atom is -0.480 e. The van der Waals surface area contributed by atoms with E-state index in [-0.39, 0.29) is 15.5 Å². The summed E-state index contributed by atoms with van der Waals surface area (Å²) in [4.78, 5) is 11.1. The summed E-state index contributed by atoms with van der Waals surface area (Å²) in [7, 11) is -3.88. The third-order valence-corrected chi connectivity index (χ3v) is 5.08. The van der Waals surface area contributed by atoms with Crippen LogP contribution in [0.2, 0.25) is 0 Å². The molecule has 2 N–H and O–H groups in total. The summed E-state index contributed by atoms with van der Waals surface area (Å²) in [6.45, 7) is 1.77. The van der Waals surface area contributed by atoms with E-state index >= 15 is 0 Å². The first-order chi connectivity index (χ1) is 8.40. The van der Waals surface area contributed by atoms with Crippen molar-refractivity contribution in [2.24, 2.45) is 0 Å². The summed E-state index contributed by atoms with van der Waals surface area (Å²) in [5, 5.41) is 17.5. The molecule has 0 unspecified atom stereocenters. The zero-order valence-corrected chi connectivity index (χ0v) is 11.2. The monoisotopic (exact) mass is 288 g/mol. The second-order valence-corrected chi connectivity index (χ2v) is 6.56. The van der Waals surface area contributed by atoms with Crippen molar-refractivity contribution in [1.29, 1.82) is 5.26 Å². The van der Waals surface area contributed by atoms with Crippen LogP contribution in [-0.2, 0) is 14.8 Å². The Morgan fingerprint density at radius 2 is 2.28 bits per heavy atom. The van der Waals surface area contributed by atoms with Crippen LogP contribution in [0, 0.1) is 11.3 Å². The van der Waals surface area contributed by atoms with Gasteiger partial charge in [0.2, 0.25) is 0 Å². The van der Waals surface area contributed by atoms with Crippen LogP contribution in [0.25, 0.3) is 0 Å². The molecule has 1 rings (SSSR count). The fraction of sp³-hybridized carbons (Fsp3) is 0.400. The fourth-order valence-electron chi connectivity index (χ4n) is 1.29. The van der Waals surface area contributed by atoms with Crippen molar-refractivity contribution in [3.8, 4) is 6.07 Å². The highest BCUT2D eigenvalue weighted by Crippen LogP contribution is 2.21. The molecule has 1 aromatic heterocycles. The number of carboxylic acid groups (broad SMARTS) is 1. The molecule has 0 aliphatic rings. The molecule has 98 valence electrons. The van der Waals surface area contributed by atoms with Crippen LogP contribution in [-0.4, -0.2) is 25.5 Å². The number of nitriles is 1. The molecule has 1 atom stereocenters. The number of nitrogens with one attached hydrogen (secondary N) is 1. The van der Waals surface area contributed by atoms with Crippen LogP contribution >= 0.6 is 11.3 Å². The summed E-state index contributed by atoms with van der Waals surface area (Å²) in [6, 6.07) is 3.36. The van der Waals surface area contributed by atoms with Crippen molar-refractivity contribution >= 4 is 27.3 Å². The van der Waals surface area contributed by atoms with Crippen LogP contribution in [0.3, 0.4) is 0 Å². The average molecular weight is 288 g/mol. The summed E-state index contributed by atoms with van der Waals surface area (Å²) >= 11 is 0.807. The molecule has 0 fully saturated rings. The molecule has 1 heterocycles. The Morgan fingerprint density at radius 1 is 1.61 bits per heavy atom. The van der Waals surface area contributed by atoms with Gasteiger partial charge in [0.25, 0.3) is 10.0 Å². The Balaban J connectivity index is 2.93. The molecule has 0 spiro atoms. The van der Waals surface area contributed by atoms with Crippen molar-refractivity contribution in [3.63, 3.8) is 0 Å². The summed E-state index contributed by atoms with van der Waals surface area (Å²) in [6.07, 6.45) is 0.762. The number of rotatable bonds is 6. The first-order valence-electron chi connectivity index (χ1n) is 5.15. The Hall–Kier alpha value is -1.43. The fourth-order valence-corrected chi connectivity index (χ4v) is 3.64. The van der Waals surface area contributed by atoms with Gasteiger partial charge < -0.3 is 5.11 Å². The highest BCUT2D eigenvalue weighted by atomic mass is 32.2. The van der Waals surface area contributed by atoms with Gasteiger partial charge in [-0.05, 0) is 18.6 Å². The van der Waals surface area contributed by atoms with Gasteiger partial charge in [-0.1, -0.05) is 13.3 Å². The number of carboxylic acids is 1. The maximum Gasteiger partial charge on any atom is 0.321 e. The molecule has 8 heteroatoms. The van der Waals surface area contributed by atoms with Gasteiger partial charge in [-0.25, -0.2) is 8.42 Å². The van der Waals surface area contributed by atoms with Crippen molar-refractivity contribution in [3.05, 3.63) is 17.0 Å². The molecular formula is C10H12N2O4S2. The van der Waals surface area contributed by atoms with Crippen LogP contribution in [0.5, 0.6) is 0 Å². The largest absolute Gasteiger partial charge is 0.480 e. The number of thiophene rings is 1. The van der Waals surface area contributed by atoms with Gasteiger partial charge in [-0.15, -0.1) is 11.3 Å². The summed E-state index contributed by atoms with van der Waals surface area (Å²) in [5.74, 6) is -1.21. The lowest BCUT2D eigenvalue weighted by molar-refractivity contribution is -0.139. The zero-order chi connectivity index (χ0) is 13.8. The predicted molar refractivity (Wildman–Crippen MR) is 65.7 cm³/mol. The SMILES string of the molecule is CCC[C@H](NS(=O)(=O)c1ccc(C#N)s1)C(=O)O. The van der Waals surface area contributed by atoms with Gasteiger partial charge in [0.15, 0.2) is 0 Å². The van der Waals surface area contributed by atoms with E-state index in [0.29, 0.717) is 6.42 Å². The molecule has 6 nitrogen and oxygen atoms in total. The molecule has 1 aromatic rings. The Kier molecular flexibility index (Phi) is 4.84. The number of carbonyl (C=O) groups is 1. The van der Waals surface area contributed by atoms with E-state index < -0.39 is 22.0 Å². The topological polar surface area (TPSA) is 107 Å². The quantitative estimate of drug-likeness (QED) is 0.816. The molecule has 0 saturated heterocycles. The Labute approximate surface area is 109 Å². The maximum absolute atomic E-state index is 11.9. The Bertz CT molecular complexity index is 571. The second kappa shape index (κ2) is 5.95. The first-order valence-corrected chi connectivity index (χ1v) is 7.45. The third-order valence-electron chi connectivity index (χ3n) is 2.13. The molecule has 0 aromatic carbocycles. The van der Waals surface area contributed by atoms with Crippen LogP contribution in [0.15, 0.2) is 16.3 Å². The van der Waals surface area contributed by atoms with Gasteiger partial charge in [-0.3, -0.25) is 4.79 Å². The van der Waals surface area contributed by atoms with Crippen molar-refractivity contribution in [2.45, 2.75) is 30.0 Å². The predicted octanol–water partition coefficient (Wildman–Crippen LogP) is 1.15. The highest BCUT2D eigenvalue weighted by Gasteiger charge is 2.25. The molecule has 0 radical (unpaired) electrons. The normalized spacial score (nSPS) is 12.9. The van der Waals surface area contributed by atoms with Crippen molar-refractivity contribution < 1.29 is 18.3 Å². The standard InChI is InChI=1S/C10H12N2O4S2/c1-2-3-8(10(13)14)12-18(15,16)9-5-4-7(6-11)17-9/h4-5,8,12H,2-3H2,1H3,(H,13,14)/t8-/m0/s1. The van der Waals surface area contributed by atoms with Crippen molar-refractivity contribution in [2.75, 3.05) is 0 Å². The van der Waals surface area contributed by atoms with Crippen LogP contribution in [0.4, 0.5) is 0 Å². The first kappa shape index (κ1) is 14.6. The van der Waals surface area contributed by atoms with E-state index in [1.165, 1.54) is 12.1 Å². The molecule has 0 amide bonds. The molecule has 0 aliphatic carbocycles. The second-order valence-electron chi connectivity index (χ2n) is 3.53. The third kappa shape index (κ3) is 3.53. The number of aliphatic carboxylic acids is 1. The molecule has 0 saturated carbocycles. The number of nitrogens with zero attached hydrogens (tertiary/aromatic N) is 1. The van der Waals surface area contributed by atoms with E-state index in [4.69, 9.17) is 10.4 Å².